The quantitative estimate of drug-likeness (QED) is 0.502. The lowest BCUT2D eigenvalue weighted by Gasteiger charge is -2.13. The van der Waals surface area contributed by atoms with Crippen LogP contribution in [0.5, 0.6) is 5.75 Å². The van der Waals surface area contributed by atoms with E-state index in [0.717, 1.165) is 23.3 Å². The molecule has 4 nitrogen and oxygen atoms in total. The van der Waals surface area contributed by atoms with E-state index in [9.17, 15) is 22.8 Å². The van der Waals surface area contributed by atoms with Gasteiger partial charge in [0.2, 0.25) is 5.91 Å². The van der Waals surface area contributed by atoms with Gasteiger partial charge in [0.05, 0.1) is 11.5 Å². The molecule has 0 spiro atoms. The highest BCUT2D eigenvalue weighted by Crippen LogP contribution is 2.31. The smallest absolute Gasteiger partial charge is 0.416 e. The normalized spacial score (nSPS) is 12.2. The van der Waals surface area contributed by atoms with Crippen molar-refractivity contribution in [2.75, 3.05) is 0 Å². The molecule has 0 unspecified atom stereocenters. The molecule has 3 rings (SSSR count). The van der Waals surface area contributed by atoms with Crippen LogP contribution in [0.2, 0.25) is 0 Å². The molecular formula is C25H22F3NO3. The maximum Gasteiger partial charge on any atom is 0.416 e. The number of ketones is 1. The van der Waals surface area contributed by atoms with Crippen LogP contribution < -0.4 is 10.5 Å². The Morgan fingerprint density at radius 2 is 1.59 bits per heavy atom. The van der Waals surface area contributed by atoms with Gasteiger partial charge in [0.1, 0.15) is 18.1 Å². The number of hydrogen-bond donors (Lipinski definition) is 1. The van der Waals surface area contributed by atoms with Crippen molar-refractivity contribution < 1.29 is 27.5 Å². The van der Waals surface area contributed by atoms with Crippen LogP contribution in [0.25, 0.3) is 11.1 Å². The number of ether oxygens (including phenoxy) is 1. The third-order valence-corrected chi connectivity index (χ3v) is 5.00. The summed E-state index contributed by atoms with van der Waals surface area (Å²) in [5.74, 6) is -0.794. The zero-order valence-electron chi connectivity index (χ0n) is 17.4. The average Bonchev–Trinajstić information content (AvgIpc) is 2.76. The fourth-order valence-corrected chi connectivity index (χ4v) is 3.33. The lowest BCUT2D eigenvalue weighted by atomic mass is 9.93. The Bertz CT molecular complexity index is 1090. The number of primary amides is 1. The van der Waals surface area contributed by atoms with Gasteiger partial charge in [-0.25, -0.2) is 0 Å². The molecule has 2 N–H and O–H groups in total. The van der Waals surface area contributed by atoms with Crippen molar-refractivity contribution in [2.24, 2.45) is 5.73 Å². The van der Waals surface area contributed by atoms with Crippen molar-refractivity contribution in [1.29, 1.82) is 0 Å². The van der Waals surface area contributed by atoms with Crippen molar-refractivity contribution in [3.63, 3.8) is 0 Å². The Hall–Kier alpha value is -3.61. The number of rotatable bonds is 8. The van der Waals surface area contributed by atoms with Crippen LogP contribution >= 0.6 is 0 Å². The first kappa shape index (κ1) is 23.1. The van der Waals surface area contributed by atoms with E-state index in [2.05, 4.69) is 0 Å². The predicted molar refractivity (Wildman–Crippen MR) is 115 cm³/mol. The molecule has 0 aromatic heterocycles. The zero-order valence-corrected chi connectivity index (χ0v) is 17.4. The highest BCUT2D eigenvalue weighted by molar-refractivity contribution is 5.88. The molecule has 0 saturated carbocycles. The summed E-state index contributed by atoms with van der Waals surface area (Å²) >= 11 is 0. The molecule has 3 aromatic carbocycles. The first-order valence-corrected chi connectivity index (χ1v) is 9.91. The summed E-state index contributed by atoms with van der Waals surface area (Å²) in [6.45, 7) is 1.66. The van der Waals surface area contributed by atoms with Crippen LogP contribution in [0.15, 0.2) is 72.8 Å². The van der Waals surface area contributed by atoms with E-state index in [1.54, 1.807) is 24.3 Å². The summed E-state index contributed by atoms with van der Waals surface area (Å²) in [5.41, 5.74) is 7.66. The van der Waals surface area contributed by atoms with Crippen LogP contribution in [-0.2, 0) is 22.4 Å². The van der Waals surface area contributed by atoms with Gasteiger partial charge in [0, 0.05) is 6.42 Å². The molecule has 0 fully saturated rings. The van der Waals surface area contributed by atoms with Gasteiger partial charge < -0.3 is 10.5 Å². The minimum absolute atomic E-state index is 0.0479. The van der Waals surface area contributed by atoms with Crippen LogP contribution in [0.3, 0.4) is 0 Å². The van der Waals surface area contributed by atoms with Crippen molar-refractivity contribution in [3.8, 4) is 16.9 Å². The maximum absolute atomic E-state index is 12.8. The zero-order chi connectivity index (χ0) is 23.3. The van der Waals surface area contributed by atoms with Crippen molar-refractivity contribution in [2.45, 2.75) is 32.0 Å². The number of halogens is 3. The molecule has 7 heteroatoms. The second kappa shape index (κ2) is 9.68. The van der Waals surface area contributed by atoms with E-state index in [1.807, 2.05) is 24.3 Å². The molecule has 1 atom stereocenters. The fraction of sp³-hybridized carbons (Fsp3) is 0.200. The van der Waals surface area contributed by atoms with Gasteiger partial charge in [-0.3, -0.25) is 9.59 Å². The summed E-state index contributed by atoms with van der Waals surface area (Å²) in [6.07, 6.45) is -4.32. The Balaban J connectivity index is 1.67. The Morgan fingerprint density at radius 3 is 2.16 bits per heavy atom. The summed E-state index contributed by atoms with van der Waals surface area (Å²) in [6, 6.07) is 19.2. The number of nitrogens with two attached hydrogens (primary N) is 1. The Morgan fingerprint density at radius 1 is 0.938 bits per heavy atom. The molecule has 0 saturated heterocycles. The number of benzene rings is 3. The number of Topliss-reactive ketones (excluding diaryl/α,β-unsaturated/α-hetero) is 1. The fourth-order valence-electron chi connectivity index (χ4n) is 3.33. The summed E-state index contributed by atoms with van der Waals surface area (Å²) in [5, 5.41) is 0. The number of hydrogen-bond acceptors (Lipinski definition) is 3. The first-order chi connectivity index (χ1) is 15.1. The first-order valence-electron chi connectivity index (χ1n) is 9.91. The van der Waals surface area contributed by atoms with Gasteiger partial charge in [-0.15, -0.1) is 0 Å². The number of carbonyl (C=O) groups is 2. The van der Waals surface area contributed by atoms with Crippen molar-refractivity contribution >= 4 is 11.7 Å². The molecule has 0 radical (unpaired) electrons. The Kier molecular flexibility index (Phi) is 6.98. The van der Waals surface area contributed by atoms with Crippen LogP contribution in [0, 0.1) is 0 Å². The van der Waals surface area contributed by atoms with Crippen LogP contribution in [-0.4, -0.2) is 11.7 Å². The molecule has 32 heavy (non-hydrogen) atoms. The minimum Gasteiger partial charge on any atom is -0.489 e. The van der Waals surface area contributed by atoms with Crippen molar-refractivity contribution in [1.82, 2.24) is 0 Å². The van der Waals surface area contributed by atoms with E-state index in [-0.39, 0.29) is 18.8 Å². The summed E-state index contributed by atoms with van der Waals surface area (Å²) < 4.78 is 44.1. The second-order valence-corrected chi connectivity index (χ2v) is 7.49. The predicted octanol–water partition coefficient (Wildman–Crippen LogP) is 5.50. The SMILES string of the molecule is CC(=O)C[C@H](C(N)=O)c1ccc(OCc2cccc(-c3ccc(C(F)(F)F)cc3)c2)cc1. The lowest BCUT2D eigenvalue weighted by Crippen LogP contribution is -2.23. The highest BCUT2D eigenvalue weighted by Gasteiger charge is 2.30. The number of carbonyl (C=O) groups excluding carboxylic acids is 2. The molecule has 0 aliphatic heterocycles. The third kappa shape index (κ3) is 5.97. The van der Waals surface area contributed by atoms with Gasteiger partial charge in [0.15, 0.2) is 0 Å². The average molecular weight is 441 g/mol. The monoisotopic (exact) mass is 441 g/mol. The van der Waals surface area contributed by atoms with Crippen molar-refractivity contribution in [3.05, 3.63) is 89.5 Å². The molecule has 1 amide bonds. The van der Waals surface area contributed by atoms with Gasteiger partial charge in [-0.2, -0.15) is 13.2 Å². The molecule has 166 valence electrons. The number of alkyl halides is 3. The van der Waals surface area contributed by atoms with Gasteiger partial charge >= 0.3 is 6.18 Å². The van der Waals surface area contributed by atoms with E-state index >= 15 is 0 Å². The van der Waals surface area contributed by atoms with E-state index in [1.165, 1.54) is 19.1 Å². The highest BCUT2D eigenvalue weighted by atomic mass is 19.4. The van der Waals surface area contributed by atoms with Gasteiger partial charge in [0.25, 0.3) is 0 Å². The van der Waals surface area contributed by atoms with Gasteiger partial charge in [-0.05, 0) is 59.5 Å². The van der Waals surface area contributed by atoms with Crippen LogP contribution in [0.1, 0.15) is 36.0 Å². The van der Waals surface area contributed by atoms with E-state index in [0.29, 0.717) is 16.9 Å². The molecule has 0 bridgehead atoms. The standard InChI is InChI=1S/C25H22F3NO3/c1-16(30)13-23(24(29)31)19-7-11-22(12-8-19)32-15-17-3-2-4-20(14-17)18-5-9-21(10-6-18)25(26,27)28/h2-12,14,23H,13,15H2,1H3,(H2,29,31)/t23-/m0/s1. The molecule has 3 aromatic rings. The largest absolute Gasteiger partial charge is 0.489 e. The maximum atomic E-state index is 12.8. The molecule has 0 heterocycles. The molecular weight excluding hydrogens is 419 g/mol. The van der Waals surface area contributed by atoms with Gasteiger partial charge in [-0.1, -0.05) is 42.5 Å². The summed E-state index contributed by atoms with van der Waals surface area (Å²) in [7, 11) is 0. The minimum atomic E-state index is -4.37. The number of amides is 1. The van der Waals surface area contributed by atoms with E-state index in [4.69, 9.17) is 10.5 Å². The topological polar surface area (TPSA) is 69.4 Å². The second-order valence-electron chi connectivity index (χ2n) is 7.49. The Labute approximate surface area is 183 Å². The van der Waals surface area contributed by atoms with E-state index < -0.39 is 23.6 Å². The van der Waals surface area contributed by atoms with Crippen LogP contribution in [0.4, 0.5) is 13.2 Å². The lowest BCUT2D eigenvalue weighted by molar-refractivity contribution is -0.137. The molecule has 0 aliphatic carbocycles. The third-order valence-electron chi connectivity index (χ3n) is 5.00. The molecule has 0 aliphatic rings. The summed E-state index contributed by atoms with van der Waals surface area (Å²) in [4.78, 5) is 23.0.